The summed E-state index contributed by atoms with van der Waals surface area (Å²) in [5, 5.41) is 0.659. The van der Waals surface area contributed by atoms with E-state index in [-0.39, 0.29) is 0 Å². The zero-order valence-corrected chi connectivity index (χ0v) is 8.42. The molecule has 1 aromatic rings. The van der Waals surface area contributed by atoms with Gasteiger partial charge in [0.25, 0.3) is 0 Å². The number of nitrogens with zero attached hydrogens (tertiary/aromatic N) is 1. The first kappa shape index (κ1) is 8.37. The van der Waals surface area contributed by atoms with Gasteiger partial charge in [0.1, 0.15) is 0 Å². The molecule has 0 amide bonds. The van der Waals surface area contributed by atoms with Crippen LogP contribution in [-0.2, 0) is 0 Å². The summed E-state index contributed by atoms with van der Waals surface area (Å²) in [5.41, 5.74) is 0. The lowest BCUT2D eigenvalue weighted by molar-refractivity contribution is 1.22. The molecular formula is C6H5BrClNS. The number of aromatic nitrogens is 1. The third kappa shape index (κ3) is 1.65. The summed E-state index contributed by atoms with van der Waals surface area (Å²) in [7, 11) is 0. The molecule has 0 spiro atoms. The van der Waals surface area contributed by atoms with Gasteiger partial charge in [-0.15, -0.1) is 11.8 Å². The van der Waals surface area contributed by atoms with E-state index >= 15 is 0 Å². The van der Waals surface area contributed by atoms with E-state index in [1.807, 2.05) is 6.26 Å². The topological polar surface area (TPSA) is 12.9 Å². The highest BCUT2D eigenvalue weighted by molar-refractivity contribution is 9.10. The highest BCUT2D eigenvalue weighted by Gasteiger charge is 2.01. The molecule has 1 rings (SSSR count). The molecule has 0 saturated carbocycles. The molecule has 10 heavy (non-hydrogen) atoms. The Hall–Kier alpha value is 0.270. The summed E-state index contributed by atoms with van der Waals surface area (Å²) in [6.45, 7) is 0. The van der Waals surface area contributed by atoms with Crippen LogP contribution in [-0.4, -0.2) is 11.2 Å². The first-order valence-electron chi connectivity index (χ1n) is 2.58. The Morgan fingerprint density at radius 2 is 2.30 bits per heavy atom. The number of halogens is 2. The lowest BCUT2D eigenvalue weighted by Gasteiger charge is -1.99. The van der Waals surface area contributed by atoms with E-state index in [2.05, 4.69) is 20.9 Å². The molecule has 0 aliphatic heterocycles. The maximum Gasteiger partial charge on any atom is 0.0742 e. The lowest BCUT2D eigenvalue weighted by Crippen LogP contribution is -1.77. The van der Waals surface area contributed by atoms with Crippen molar-refractivity contribution in [1.29, 1.82) is 0 Å². The van der Waals surface area contributed by atoms with Crippen LogP contribution in [0, 0.1) is 0 Å². The molecule has 0 aliphatic rings. The maximum absolute atomic E-state index is 5.77. The van der Waals surface area contributed by atoms with E-state index in [1.165, 1.54) is 0 Å². The van der Waals surface area contributed by atoms with Crippen LogP contribution in [0.4, 0.5) is 0 Å². The Morgan fingerprint density at radius 1 is 1.60 bits per heavy atom. The number of hydrogen-bond donors (Lipinski definition) is 0. The molecule has 54 valence electrons. The number of hydrogen-bond acceptors (Lipinski definition) is 2. The number of rotatable bonds is 1. The van der Waals surface area contributed by atoms with Crippen molar-refractivity contribution in [2.24, 2.45) is 0 Å². The van der Waals surface area contributed by atoms with Gasteiger partial charge in [-0.05, 0) is 22.2 Å². The second-order valence-electron chi connectivity index (χ2n) is 1.64. The van der Waals surface area contributed by atoms with Crippen LogP contribution < -0.4 is 0 Å². The van der Waals surface area contributed by atoms with E-state index in [4.69, 9.17) is 11.6 Å². The fraction of sp³-hybridized carbons (Fsp3) is 0.167. The molecule has 0 radical (unpaired) electrons. The van der Waals surface area contributed by atoms with Crippen molar-refractivity contribution in [3.05, 3.63) is 21.9 Å². The van der Waals surface area contributed by atoms with E-state index in [1.54, 1.807) is 24.2 Å². The van der Waals surface area contributed by atoms with Gasteiger partial charge >= 0.3 is 0 Å². The maximum atomic E-state index is 5.77. The van der Waals surface area contributed by atoms with Crippen LogP contribution in [0.2, 0.25) is 5.02 Å². The largest absolute Gasteiger partial charge is 0.262 e. The van der Waals surface area contributed by atoms with Gasteiger partial charge in [0, 0.05) is 17.3 Å². The van der Waals surface area contributed by atoms with Gasteiger partial charge in [0.15, 0.2) is 0 Å². The van der Waals surface area contributed by atoms with Crippen molar-refractivity contribution in [3.8, 4) is 0 Å². The van der Waals surface area contributed by atoms with Gasteiger partial charge in [-0.25, -0.2) is 0 Å². The summed E-state index contributed by atoms with van der Waals surface area (Å²) in [5.74, 6) is 0. The minimum Gasteiger partial charge on any atom is -0.262 e. The Bertz CT molecular complexity index is 241. The molecule has 0 N–H and O–H groups in total. The van der Waals surface area contributed by atoms with Crippen molar-refractivity contribution in [1.82, 2.24) is 4.98 Å². The molecule has 1 heterocycles. The van der Waals surface area contributed by atoms with Gasteiger partial charge in [0.2, 0.25) is 0 Å². The van der Waals surface area contributed by atoms with Crippen LogP contribution >= 0.6 is 39.3 Å². The first-order chi connectivity index (χ1) is 4.75. The minimum atomic E-state index is 0.659. The van der Waals surface area contributed by atoms with E-state index in [9.17, 15) is 0 Å². The second-order valence-corrected chi connectivity index (χ2v) is 3.69. The molecule has 1 aromatic heterocycles. The summed E-state index contributed by atoms with van der Waals surface area (Å²) < 4.78 is 0.927. The fourth-order valence-corrected chi connectivity index (χ4v) is 1.90. The van der Waals surface area contributed by atoms with Gasteiger partial charge < -0.3 is 0 Å². The molecule has 0 bridgehead atoms. The number of thioether (sulfide) groups is 1. The molecule has 0 aliphatic carbocycles. The van der Waals surface area contributed by atoms with E-state index in [0.717, 1.165) is 9.37 Å². The first-order valence-corrected chi connectivity index (χ1v) is 4.98. The van der Waals surface area contributed by atoms with Gasteiger partial charge in [-0.2, -0.15) is 0 Å². The Morgan fingerprint density at radius 3 is 2.80 bits per heavy atom. The Balaban J connectivity index is 3.14. The smallest absolute Gasteiger partial charge is 0.0742 e. The SMILES string of the molecule is CSc1cncc(Cl)c1Br. The predicted molar refractivity (Wildman–Crippen MR) is 48.7 cm³/mol. The Labute approximate surface area is 77.3 Å². The summed E-state index contributed by atoms with van der Waals surface area (Å²) in [6, 6.07) is 0. The molecule has 0 aromatic carbocycles. The molecule has 1 nitrogen and oxygen atoms in total. The highest BCUT2D eigenvalue weighted by Crippen LogP contribution is 2.30. The van der Waals surface area contributed by atoms with Crippen LogP contribution in [0.3, 0.4) is 0 Å². The van der Waals surface area contributed by atoms with Crippen molar-refractivity contribution in [2.45, 2.75) is 4.90 Å². The van der Waals surface area contributed by atoms with Crippen molar-refractivity contribution in [3.63, 3.8) is 0 Å². The van der Waals surface area contributed by atoms with Crippen LogP contribution in [0.1, 0.15) is 0 Å². The van der Waals surface area contributed by atoms with Crippen molar-refractivity contribution < 1.29 is 0 Å². The summed E-state index contributed by atoms with van der Waals surface area (Å²) in [4.78, 5) is 5.00. The normalized spacial score (nSPS) is 9.90. The van der Waals surface area contributed by atoms with Crippen LogP contribution in [0.15, 0.2) is 21.8 Å². The molecule has 4 heteroatoms. The molecule has 0 atom stereocenters. The highest BCUT2D eigenvalue weighted by atomic mass is 79.9. The monoisotopic (exact) mass is 237 g/mol. The minimum absolute atomic E-state index is 0.659. The Kier molecular flexibility index (Phi) is 3.01. The molecule has 0 unspecified atom stereocenters. The molecule has 0 fully saturated rings. The van der Waals surface area contributed by atoms with Crippen molar-refractivity contribution >= 4 is 39.3 Å². The third-order valence-electron chi connectivity index (χ3n) is 1.03. The quantitative estimate of drug-likeness (QED) is 0.697. The second kappa shape index (κ2) is 3.60. The van der Waals surface area contributed by atoms with E-state index < -0.39 is 0 Å². The van der Waals surface area contributed by atoms with E-state index in [0.29, 0.717) is 5.02 Å². The fourth-order valence-electron chi connectivity index (χ4n) is 0.544. The van der Waals surface area contributed by atoms with Crippen LogP contribution in [0.25, 0.3) is 0 Å². The predicted octanol–water partition coefficient (Wildman–Crippen LogP) is 3.22. The third-order valence-corrected chi connectivity index (χ3v) is 3.41. The average Bonchev–Trinajstić information content (AvgIpc) is 1.95. The zero-order chi connectivity index (χ0) is 7.56. The van der Waals surface area contributed by atoms with Gasteiger partial charge in [0.05, 0.1) is 9.50 Å². The summed E-state index contributed by atoms with van der Waals surface area (Å²) in [6.07, 6.45) is 5.38. The molecule has 0 saturated heterocycles. The van der Waals surface area contributed by atoms with Gasteiger partial charge in [-0.3, -0.25) is 4.98 Å². The zero-order valence-electron chi connectivity index (χ0n) is 5.27. The standard InChI is InChI=1S/C6H5BrClNS/c1-10-5-3-9-2-4(8)6(5)7/h2-3H,1H3. The summed E-state index contributed by atoms with van der Waals surface area (Å²) >= 11 is 10.7. The van der Waals surface area contributed by atoms with Gasteiger partial charge in [-0.1, -0.05) is 11.6 Å². The average molecular weight is 239 g/mol. The molecular weight excluding hydrogens is 233 g/mol. The van der Waals surface area contributed by atoms with Crippen LogP contribution in [0.5, 0.6) is 0 Å². The van der Waals surface area contributed by atoms with Crippen molar-refractivity contribution in [2.75, 3.05) is 6.26 Å². The lowest BCUT2D eigenvalue weighted by atomic mass is 10.5. The number of pyridine rings is 1.